The fourth-order valence-corrected chi connectivity index (χ4v) is 1.52. The number of amides is 1. The number of nitrogens with one attached hydrogen (secondary N) is 1. The number of carbonyl (C=O) groups is 1. The lowest BCUT2D eigenvalue weighted by atomic mass is 10.2. The zero-order valence-corrected chi connectivity index (χ0v) is 10.3. The first kappa shape index (κ1) is 12.9. The van der Waals surface area contributed by atoms with E-state index >= 15 is 0 Å². The van der Waals surface area contributed by atoms with Crippen LogP contribution in [0.2, 0.25) is 0 Å². The third-order valence-corrected chi connectivity index (χ3v) is 2.56. The van der Waals surface area contributed by atoms with Crippen LogP contribution in [0.3, 0.4) is 0 Å². The molecule has 0 bridgehead atoms. The molecule has 1 heterocycles. The Hall–Kier alpha value is -2.50. The second-order valence-corrected chi connectivity index (χ2v) is 4.06. The smallest absolute Gasteiger partial charge is 0.253 e. The van der Waals surface area contributed by atoms with Gasteiger partial charge in [0, 0.05) is 18.0 Å². The van der Waals surface area contributed by atoms with Crippen LogP contribution in [0.5, 0.6) is 0 Å². The highest BCUT2D eigenvalue weighted by Crippen LogP contribution is 2.13. The third kappa shape index (κ3) is 3.25. The second kappa shape index (κ2) is 5.43. The molecule has 0 aliphatic carbocycles. The molecule has 1 aromatic heterocycles. The molecule has 2 rings (SSSR count). The summed E-state index contributed by atoms with van der Waals surface area (Å²) in [7, 11) is 0. The zero-order chi connectivity index (χ0) is 13.8. The lowest BCUT2D eigenvalue weighted by molar-refractivity contribution is -0.116. The molecule has 0 fully saturated rings. The van der Waals surface area contributed by atoms with E-state index in [1.54, 1.807) is 19.1 Å². The van der Waals surface area contributed by atoms with E-state index in [0.29, 0.717) is 11.3 Å². The van der Waals surface area contributed by atoms with E-state index in [-0.39, 0.29) is 12.1 Å². The lowest BCUT2D eigenvalue weighted by Crippen LogP contribution is -2.27. The Morgan fingerprint density at radius 3 is 2.89 bits per heavy atom. The highest BCUT2D eigenvalue weighted by Gasteiger charge is 2.06. The monoisotopic (exact) mass is 261 g/mol. The largest absolute Gasteiger partial charge is 0.324 e. The molecule has 0 atom stereocenters. The van der Waals surface area contributed by atoms with Gasteiger partial charge in [0.25, 0.3) is 5.56 Å². The molecule has 0 saturated heterocycles. The number of aryl methyl sites for hydroxylation is 1. The number of anilines is 1. The third-order valence-electron chi connectivity index (χ3n) is 2.56. The van der Waals surface area contributed by atoms with Crippen molar-refractivity contribution in [2.45, 2.75) is 13.5 Å². The minimum atomic E-state index is -0.418. The van der Waals surface area contributed by atoms with Gasteiger partial charge >= 0.3 is 0 Å². The van der Waals surface area contributed by atoms with Crippen molar-refractivity contribution < 1.29 is 9.18 Å². The van der Waals surface area contributed by atoms with Crippen LogP contribution in [0.25, 0.3) is 0 Å². The maximum atomic E-state index is 13.3. The van der Waals surface area contributed by atoms with Crippen LogP contribution < -0.4 is 10.9 Å². The molecule has 98 valence electrons. The summed E-state index contributed by atoms with van der Waals surface area (Å²) in [6.45, 7) is 1.47. The van der Waals surface area contributed by atoms with Gasteiger partial charge in [0.15, 0.2) is 0 Å². The van der Waals surface area contributed by atoms with Crippen molar-refractivity contribution in [2.24, 2.45) is 0 Å². The Labute approximate surface area is 108 Å². The number of carbonyl (C=O) groups excluding carboxylic acids is 1. The Balaban J connectivity index is 2.08. The molecule has 0 aliphatic rings. The van der Waals surface area contributed by atoms with Gasteiger partial charge in [-0.1, -0.05) is 6.07 Å². The molecule has 6 heteroatoms. The van der Waals surface area contributed by atoms with Crippen LogP contribution in [-0.4, -0.2) is 15.5 Å². The maximum absolute atomic E-state index is 13.3. The molecular formula is C13H12FN3O2. The first-order valence-corrected chi connectivity index (χ1v) is 5.63. The molecule has 5 nitrogen and oxygen atoms in total. The number of aromatic nitrogens is 2. The molecule has 0 spiro atoms. The van der Waals surface area contributed by atoms with Crippen LogP contribution in [0.15, 0.2) is 41.6 Å². The van der Waals surface area contributed by atoms with Crippen molar-refractivity contribution in [3.8, 4) is 0 Å². The van der Waals surface area contributed by atoms with Gasteiger partial charge in [0.1, 0.15) is 12.4 Å². The van der Waals surface area contributed by atoms with Gasteiger partial charge in [-0.25, -0.2) is 9.37 Å². The van der Waals surface area contributed by atoms with E-state index in [0.717, 1.165) is 0 Å². The Morgan fingerprint density at radius 2 is 2.21 bits per heavy atom. The SMILES string of the molecule is Cc1ccc(NC(=O)Cn2cnccc2=O)cc1F. The molecule has 19 heavy (non-hydrogen) atoms. The van der Waals surface area contributed by atoms with Gasteiger partial charge in [0.05, 0.1) is 6.33 Å². The van der Waals surface area contributed by atoms with Crippen LogP contribution in [0, 0.1) is 12.7 Å². The molecule has 1 N–H and O–H groups in total. The molecular weight excluding hydrogens is 249 g/mol. The van der Waals surface area contributed by atoms with Gasteiger partial charge in [-0.15, -0.1) is 0 Å². The maximum Gasteiger partial charge on any atom is 0.253 e. The highest BCUT2D eigenvalue weighted by molar-refractivity contribution is 5.90. The average Bonchev–Trinajstić information content (AvgIpc) is 2.37. The summed E-state index contributed by atoms with van der Waals surface area (Å²) in [5.74, 6) is -0.810. The minimum absolute atomic E-state index is 0.165. The molecule has 1 aromatic carbocycles. The first-order valence-electron chi connectivity index (χ1n) is 5.63. The predicted molar refractivity (Wildman–Crippen MR) is 68.3 cm³/mol. The van der Waals surface area contributed by atoms with Gasteiger partial charge in [-0.2, -0.15) is 0 Å². The van der Waals surface area contributed by atoms with Gasteiger partial charge in [-0.3, -0.25) is 14.2 Å². The van der Waals surface area contributed by atoms with E-state index < -0.39 is 11.7 Å². The molecule has 0 unspecified atom stereocenters. The minimum Gasteiger partial charge on any atom is -0.324 e. The van der Waals surface area contributed by atoms with E-state index in [9.17, 15) is 14.0 Å². The van der Waals surface area contributed by atoms with Crippen LogP contribution in [0.4, 0.5) is 10.1 Å². The number of benzene rings is 1. The van der Waals surface area contributed by atoms with Crippen molar-refractivity contribution in [1.29, 1.82) is 0 Å². The number of halogens is 1. The zero-order valence-electron chi connectivity index (χ0n) is 10.3. The molecule has 0 saturated carbocycles. The fraction of sp³-hybridized carbons (Fsp3) is 0.154. The van der Waals surface area contributed by atoms with Crippen LogP contribution in [0.1, 0.15) is 5.56 Å². The Kier molecular flexibility index (Phi) is 3.70. The van der Waals surface area contributed by atoms with Crippen molar-refractivity contribution in [1.82, 2.24) is 9.55 Å². The summed E-state index contributed by atoms with van der Waals surface area (Å²) in [6, 6.07) is 5.67. The molecule has 0 aliphatic heterocycles. The summed E-state index contributed by atoms with van der Waals surface area (Å²) >= 11 is 0. The van der Waals surface area contributed by atoms with Gasteiger partial charge in [0.2, 0.25) is 5.91 Å². The summed E-state index contributed by atoms with van der Waals surface area (Å²) < 4.78 is 14.5. The number of nitrogens with zero attached hydrogens (tertiary/aromatic N) is 2. The predicted octanol–water partition coefficient (Wildman–Crippen LogP) is 1.33. The number of hydrogen-bond donors (Lipinski definition) is 1. The van der Waals surface area contributed by atoms with Crippen LogP contribution in [-0.2, 0) is 11.3 Å². The van der Waals surface area contributed by atoms with Gasteiger partial charge in [-0.05, 0) is 24.6 Å². The summed E-state index contributed by atoms with van der Waals surface area (Å²) in [5.41, 5.74) is 0.534. The Bertz CT molecular complexity index is 667. The summed E-state index contributed by atoms with van der Waals surface area (Å²) in [4.78, 5) is 26.9. The van der Waals surface area contributed by atoms with E-state index in [1.807, 2.05) is 0 Å². The fourth-order valence-electron chi connectivity index (χ4n) is 1.52. The normalized spacial score (nSPS) is 10.2. The second-order valence-electron chi connectivity index (χ2n) is 4.06. The van der Waals surface area contributed by atoms with Crippen molar-refractivity contribution >= 4 is 11.6 Å². The molecule has 2 aromatic rings. The van der Waals surface area contributed by atoms with E-state index in [4.69, 9.17) is 0 Å². The average molecular weight is 261 g/mol. The van der Waals surface area contributed by atoms with Crippen LogP contribution >= 0.6 is 0 Å². The highest BCUT2D eigenvalue weighted by atomic mass is 19.1. The van der Waals surface area contributed by atoms with E-state index in [2.05, 4.69) is 10.3 Å². The van der Waals surface area contributed by atoms with Crippen molar-refractivity contribution in [3.63, 3.8) is 0 Å². The summed E-state index contributed by atoms with van der Waals surface area (Å²) in [6.07, 6.45) is 2.63. The van der Waals surface area contributed by atoms with E-state index in [1.165, 1.54) is 29.2 Å². The first-order chi connectivity index (χ1) is 9.06. The van der Waals surface area contributed by atoms with Gasteiger partial charge < -0.3 is 5.32 Å². The summed E-state index contributed by atoms with van der Waals surface area (Å²) in [5, 5.41) is 2.52. The lowest BCUT2D eigenvalue weighted by Gasteiger charge is -2.07. The van der Waals surface area contributed by atoms with Crippen molar-refractivity contribution in [2.75, 3.05) is 5.32 Å². The number of rotatable bonds is 3. The Morgan fingerprint density at radius 1 is 1.42 bits per heavy atom. The number of hydrogen-bond acceptors (Lipinski definition) is 3. The quantitative estimate of drug-likeness (QED) is 0.906. The topological polar surface area (TPSA) is 64.0 Å². The van der Waals surface area contributed by atoms with Crippen molar-refractivity contribution in [3.05, 3.63) is 58.5 Å². The molecule has 1 amide bonds. The standard InChI is InChI=1S/C13H12FN3O2/c1-9-2-3-10(6-11(9)14)16-12(18)7-17-8-15-5-4-13(17)19/h2-6,8H,7H2,1H3,(H,16,18). The molecule has 0 radical (unpaired) electrons.